The van der Waals surface area contributed by atoms with E-state index in [9.17, 15) is 4.79 Å². The third-order valence-corrected chi connectivity index (χ3v) is 3.63. The smallest absolute Gasteiger partial charge is 0.163 e. The number of thioether (sulfide) groups is 1. The van der Waals surface area contributed by atoms with Crippen LogP contribution < -0.4 is 10.5 Å². The van der Waals surface area contributed by atoms with Gasteiger partial charge in [-0.2, -0.15) is 11.8 Å². The summed E-state index contributed by atoms with van der Waals surface area (Å²) in [5.41, 5.74) is 6.38. The molecule has 1 aromatic rings. The molecule has 0 fully saturated rings. The van der Waals surface area contributed by atoms with Crippen LogP contribution in [0, 0.1) is 0 Å². The first kappa shape index (κ1) is 15.1. The number of ether oxygens (including phenoxy) is 1. The lowest BCUT2D eigenvalue weighted by atomic mass is 10.1. The number of benzene rings is 1. The zero-order valence-electron chi connectivity index (χ0n) is 11.2. The lowest BCUT2D eigenvalue weighted by Crippen LogP contribution is -2.34. The van der Waals surface area contributed by atoms with Crippen LogP contribution in [-0.4, -0.2) is 29.4 Å². The number of hydrogen-bond acceptors (Lipinski definition) is 4. The Morgan fingerprint density at radius 2 is 2.06 bits per heavy atom. The Balaban J connectivity index is 2.38. The molecule has 4 heteroatoms. The van der Waals surface area contributed by atoms with Crippen molar-refractivity contribution in [1.29, 1.82) is 0 Å². The van der Waals surface area contributed by atoms with Gasteiger partial charge in [-0.1, -0.05) is 12.1 Å². The zero-order valence-corrected chi connectivity index (χ0v) is 12.0. The quantitative estimate of drug-likeness (QED) is 0.609. The molecule has 0 spiro atoms. The highest BCUT2D eigenvalue weighted by Gasteiger charge is 2.10. The third-order valence-electron chi connectivity index (χ3n) is 2.23. The average molecular weight is 267 g/mol. The molecule has 0 bridgehead atoms. The minimum atomic E-state index is -0.151. The molecule has 0 saturated heterocycles. The topological polar surface area (TPSA) is 52.3 Å². The number of hydrogen-bond donors (Lipinski definition) is 1. The number of carbonyl (C=O) groups is 1. The van der Waals surface area contributed by atoms with Crippen LogP contribution in [0.2, 0.25) is 0 Å². The molecule has 0 aliphatic rings. The van der Waals surface area contributed by atoms with Gasteiger partial charge in [0.15, 0.2) is 5.78 Å². The fourth-order valence-electron chi connectivity index (χ4n) is 1.43. The van der Waals surface area contributed by atoms with Crippen molar-refractivity contribution in [3.05, 3.63) is 29.8 Å². The van der Waals surface area contributed by atoms with E-state index in [1.54, 1.807) is 24.8 Å². The van der Waals surface area contributed by atoms with E-state index < -0.39 is 0 Å². The summed E-state index contributed by atoms with van der Waals surface area (Å²) in [4.78, 5) is 11.4. The lowest BCUT2D eigenvalue weighted by molar-refractivity contribution is 0.101. The Hall–Kier alpha value is -1.00. The number of ketones is 1. The average Bonchev–Trinajstić information content (AvgIpc) is 2.27. The van der Waals surface area contributed by atoms with E-state index in [-0.39, 0.29) is 11.3 Å². The van der Waals surface area contributed by atoms with Crippen LogP contribution in [0.1, 0.15) is 31.1 Å². The van der Waals surface area contributed by atoms with Gasteiger partial charge in [-0.15, -0.1) is 0 Å². The van der Waals surface area contributed by atoms with Crippen molar-refractivity contribution in [3.8, 4) is 5.75 Å². The summed E-state index contributed by atoms with van der Waals surface area (Å²) >= 11 is 1.76. The summed E-state index contributed by atoms with van der Waals surface area (Å²) in [6.45, 7) is 6.15. The Morgan fingerprint density at radius 3 is 2.67 bits per heavy atom. The summed E-state index contributed by atoms with van der Waals surface area (Å²) in [6, 6.07) is 7.33. The maximum absolute atomic E-state index is 11.4. The highest BCUT2D eigenvalue weighted by molar-refractivity contribution is 7.99. The number of Topliss-reactive ketones (excluding diaryl/α,β-unsaturated/α-hetero) is 1. The zero-order chi connectivity index (χ0) is 13.6. The first-order chi connectivity index (χ1) is 8.40. The number of carbonyl (C=O) groups excluding carboxylic acids is 1. The van der Waals surface area contributed by atoms with E-state index in [1.165, 1.54) is 0 Å². The monoisotopic (exact) mass is 267 g/mol. The molecule has 3 nitrogen and oxygen atoms in total. The molecule has 0 unspecified atom stereocenters. The third kappa shape index (κ3) is 5.56. The Kier molecular flexibility index (Phi) is 5.69. The fraction of sp³-hybridized carbons (Fsp3) is 0.500. The number of rotatable bonds is 7. The minimum absolute atomic E-state index is 0.0290. The molecule has 0 radical (unpaired) electrons. The molecule has 0 aliphatic heterocycles. The van der Waals surface area contributed by atoms with Crippen molar-refractivity contribution in [2.24, 2.45) is 5.73 Å². The van der Waals surface area contributed by atoms with Crippen molar-refractivity contribution in [1.82, 2.24) is 0 Å². The van der Waals surface area contributed by atoms with Crippen LogP contribution in [0.5, 0.6) is 5.75 Å². The molecule has 0 saturated carbocycles. The predicted molar refractivity (Wildman–Crippen MR) is 77.5 cm³/mol. The Morgan fingerprint density at radius 1 is 1.39 bits per heavy atom. The van der Waals surface area contributed by atoms with E-state index in [2.05, 4.69) is 0 Å². The maximum Gasteiger partial charge on any atom is 0.163 e. The van der Waals surface area contributed by atoms with E-state index >= 15 is 0 Å². The van der Waals surface area contributed by atoms with Gasteiger partial charge in [0.25, 0.3) is 0 Å². The molecule has 0 heterocycles. The predicted octanol–water partition coefficient (Wildman–Crippen LogP) is 2.74. The fourth-order valence-corrected chi connectivity index (χ4v) is 2.30. The van der Waals surface area contributed by atoms with Gasteiger partial charge >= 0.3 is 0 Å². The van der Waals surface area contributed by atoms with Crippen LogP contribution in [0.25, 0.3) is 0 Å². The van der Waals surface area contributed by atoms with Gasteiger partial charge in [0.2, 0.25) is 0 Å². The largest absolute Gasteiger partial charge is 0.492 e. The Labute approximate surface area is 113 Å². The second-order valence-electron chi connectivity index (χ2n) is 4.94. The highest BCUT2D eigenvalue weighted by Crippen LogP contribution is 2.19. The second-order valence-corrected chi connectivity index (χ2v) is 6.05. The highest BCUT2D eigenvalue weighted by atomic mass is 32.2. The van der Waals surface area contributed by atoms with Crippen LogP contribution in [-0.2, 0) is 0 Å². The standard InChI is InChI=1S/C14H21NO2S/c1-11(16)12-6-4-5-7-13(12)17-8-9-18-10-14(2,3)15/h4-7H,8-10,15H2,1-3H3. The van der Waals surface area contributed by atoms with Crippen LogP contribution in [0.3, 0.4) is 0 Å². The van der Waals surface area contributed by atoms with Gasteiger partial charge < -0.3 is 10.5 Å². The summed E-state index contributed by atoms with van der Waals surface area (Å²) in [5, 5.41) is 0. The number of nitrogens with two attached hydrogens (primary N) is 1. The van der Waals surface area contributed by atoms with Crippen molar-refractivity contribution in [3.63, 3.8) is 0 Å². The van der Waals surface area contributed by atoms with Crippen molar-refractivity contribution >= 4 is 17.5 Å². The molecule has 2 N–H and O–H groups in total. The molecular formula is C14H21NO2S. The van der Waals surface area contributed by atoms with Crippen molar-refractivity contribution < 1.29 is 9.53 Å². The van der Waals surface area contributed by atoms with Crippen LogP contribution >= 0.6 is 11.8 Å². The van der Waals surface area contributed by atoms with Gasteiger partial charge in [-0.25, -0.2) is 0 Å². The van der Waals surface area contributed by atoms with E-state index in [1.807, 2.05) is 32.0 Å². The van der Waals surface area contributed by atoms with Crippen LogP contribution in [0.15, 0.2) is 24.3 Å². The van der Waals surface area contributed by atoms with E-state index in [0.29, 0.717) is 17.9 Å². The molecule has 1 rings (SSSR count). The molecule has 0 aliphatic carbocycles. The van der Waals surface area contributed by atoms with E-state index in [4.69, 9.17) is 10.5 Å². The van der Waals surface area contributed by atoms with Crippen molar-refractivity contribution in [2.75, 3.05) is 18.1 Å². The van der Waals surface area contributed by atoms with E-state index in [0.717, 1.165) is 11.5 Å². The van der Waals surface area contributed by atoms with Gasteiger partial charge in [-0.05, 0) is 32.9 Å². The number of para-hydroxylation sites is 1. The molecule has 1 aromatic carbocycles. The maximum atomic E-state index is 11.4. The van der Waals surface area contributed by atoms with Crippen molar-refractivity contribution in [2.45, 2.75) is 26.3 Å². The first-order valence-electron chi connectivity index (χ1n) is 5.99. The summed E-state index contributed by atoms with van der Waals surface area (Å²) in [6.07, 6.45) is 0. The molecule has 100 valence electrons. The normalized spacial score (nSPS) is 11.3. The van der Waals surface area contributed by atoms with Gasteiger partial charge in [0.05, 0.1) is 12.2 Å². The minimum Gasteiger partial charge on any atom is -0.492 e. The van der Waals surface area contributed by atoms with Gasteiger partial charge in [0.1, 0.15) is 5.75 Å². The van der Waals surface area contributed by atoms with Crippen LogP contribution in [0.4, 0.5) is 0 Å². The summed E-state index contributed by atoms with van der Waals surface area (Å²) in [5.74, 6) is 2.45. The van der Waals surface area contributed by atoms with Gasteiger partial charge in [-0.3, -0.25) is 4.79 Å². The molecule has 0 atom stereocenters. The molecule has 0 aromatic heterocycles. The second kappa shape index (κ2) is 6.81. The Bertz CT molecular complexity index is 399. The van der Waals surface area contributed by atoms with Gasteiger partial charge in [0, 0.05) is 17.0 Å². The lowest BCUT2D eigenvalue weighted by Gasteiger charge is -2.17. The molecule has 18 heavy (non-hydrogen) atoms. The molecular weight excluding hydrogens is 246 g/mol. The molecule has 0 amide bonds. The summed E-state index contributed by atoms with van der Waals surface area (Å²) in [7, 11) is 0. The first-order valence-corrected chi connectivity index (χ1v) is 7.15. The summed E-state index contributed by atoms with van der Waals surface area (Å²) < 4.78 is 5.63. The SMILES string of the molecule is CC(=O)c1ccccc1OCCSCC(C)(C)N.